The maximum Gasteiger partial charge on any atom is 0.272 e. The van der Waals surface area contributed by atoms with Gasteiger partial charge in [0.1, 0.15) is 5.75 Å². The van der Waals surface area contributed by atoms with E-state index in [9.17, 15) is 8.42 Å². The third-order valence-electron chi connectivity index (χ3n) is 5.72. The number of hydrogen-bond acceptors (Lipinski definition) is 5. The van der Waals surface area contributed by atoms with Crippen molar-refractivity contribution in [2.75, 3.05) is 7.11 Å². The molecule has 8 heteroatoms. The molecule has 1 aliphatic carbocycles. The Kier molecular flexibility index (Phi) is 5.31. The second-order valence-electron chi connectivity index (χ2n) is 8.94. The van der Waals surface area contributed by atoms with Crippen LogP contribution in [0.15, 0.2) is 18.2 Å². The predicted octanol–water partition coefficient (Wildman–Crippen LogP) is 4.21. The van der Waals surface area contributed by atoms with Crippen LogP contribution in [-0.2, 0) is 31.1 Å². The molecule has 27 heavy (non-hydrogen) atoms. The summed E-state index contributed by atoms with van der Waals surface area (Å²) in [6.07, 6.45) is 2.31. The van der Waals surface area contributed by atoms with E-state index in [2.05, 4.69) is 49.2 Å². The highest BCUT2D eigenvalue weighted by molar-refractivity contribution is 7.85. The predicted molar refractivity (Wildman–Crippen MR) is 109 cm³/mol. The fourth-order valence-corrected chi connectivity index (χ4v) is 4.41. The lowest BCUT2D eigenvalue weighted by atomic mass is 10.1. The SMILES string of the molecule is COS(=O)(=O)Cc1cc(C2CC2)cc2cc(CO[Si](C)(C)C(C)(C)C)nn12. The van der Waals surface area contributed by atoms with Gasteiger partial charge >= 0.3 is 0 Å². The summed E-state index contributed by atoms with van der Waals surface area (Å²) < 4.78 is 36.7. The Morgan fingerprint density at radius 2 is 1.89 bits per heavy atom. The van der Waals surface area contributed by atoms with Crippen LogP contribution in [0.2, 0.25) is 18.1 Å². The lowest BCUT2D eigenvalue weighted by molar-refractivity contribution is 0.271. The summed E-state index contributed by atoms with van der Waals surface area (Å²) in [6.45, 7) is 11.5. The average molecular weight is 411 g/mol. The summed E-state index contributed by atoms with van der Waals surface area (Å²) in [6, 6.07) is 6.07. The van der Waals surface area contributed by atoms with Crippen molar-refractivity contribution in [2.45, 2.75) is 70.0 Å². The van der Waals surface area contributed by atoms with Crippen LogP contribution < -0.4 is 0 Å². The number of nitrogens with zero attached hydrogens (tertiary/aromatic N) is 2. The zero-order valence-corrected chi connectivity index (χ0v) is 18.9. The third-order valence-corrected chi connectivity index (χ3v) is 11.4. The van der Waals surface area contributed by atoms with Gasteiger partial charge < -0.3 is 4.43 Å². The molecule has 1 aliphatic rings. The van der Waals surface area contributed by atoms with Crippen molar-refractivity contribution in [1.29, 1.82) is 0 Å². The summed E-state index contributed by atoms with van der Waals surface area (Å²) in [7, 11) is -4.30. The van der Waals surface area contributed by atoms with E-state index in [1.807, 2.05) is 12.1 Å². The molecule has 3 rings (SSSR count). The van der Waals surface area contributed by atoms with E-state index in [4.69, 9.17) is 4.43 Å². The molecule has 0 bridgehead atoms. The minimum absolute atomic E-state index is 0.128. The van der Waals surface area contributed by atoms with Gasteiger partial charge in [0.25, 0.3) is 10.1 Å². The first-order valence-corrected chi connectivity index (χ1v) is 13.8. The number of aromatic nitrogens is 2. The minimum atomic E-state index is -3.62. The largest absolute Gasteiger partial charge is 0.411 e. The standard InChI is InChI=1S/C19H30N2O4SSi/c1-19(2,3)27(5,6)25-12-16-11-17-9-15(14-7-8-14)10-18(21(17)20-16)13-26(22,23)24-4/h9-11,14H,7-8,12-13H2,1-6H3. The Balaban J connectivity index is 1.93. The summed E-state index contributed by atoms with van der Waals surface area (Å²) in [5.74, 6) is 0.339. The van der Waals surface area contributed by atoms with Gasteiger partial charge in [-0.3, -0.25) is 4.18 Å². The van der Waals surface area contributed by atoms with E-state index in [0.29, 0.717) is 18.2 Å². The van der Waals surface area contributed by atoms with Gasteiger partial charge in [0.15, 0.2) is 8.32 Å². The van der Waals surface area contributed by atoms with Crippen molar-refractivity contribution in [3.8, 4) is 0 Å². The Bertz CT molecular complexity index is 941. The molecule has 0 aliphatic heterocycles. The number of rotatable bonds is 7. The van der Waals surface area contributed by atoms with Gasteiger partial charge in [0.05, 0.1) is 30.6 Å². The number of hydrogen-bond donors (Lipinski definition) is 0. The van der Waals surface area contributed by atoms with Gasteiger partial charge in [-0.1, -0.05) is 20.8 Å². The van der Waals surface area contributed by atoms with E-state index in [0.717, 1.165) is 24.1 Å². The first-order chi connectivity index (χ1) is 12.4. The molecule has 0 unspecified atom stereocenters. The quantitative estimate of drug-likeness (QED) is 0.505. The monoisotopic (exact) mass is 410 g/mol. The molecule has 0 atom stereocenters. The van der Waals surface area contributed by atoms with Crippen LogP contribution in [0, 0.1) is 0 Å². The summed E-state index contributed by atoms with van der Waals surface area (Å²) in [5, 5.41) is 4.76. The first-order valence-electron chi connectivity index (χ1n) is 9.35. The highest BCUT2D eigenvalue weighted by Gasteiger charge is 2.37. The molecule has 1 saturated carbocycles. The second-order valence-corrected chi connectivity index (χ2v) is 15.5. The van der Waals surface area contributed by atoms with Crippen molar-refractivity contribution in [1.82, 2.24) is 9.61 Å². The second kappa shape index (κ2) is 6.99. The highest BCUT2D eigenvalue weighted by atomic mass is 32.2. The van der Waals surface area contributed by atoms with E-state index < -0.39 is 18.4 Å². The lowest BCUT2D eigenvalue weighted by Crippen LogP contribution is -2.40. The van der Waals surface area contributed by atoms with Crippen molar-refractivity contribution in [2.24, 2.45) is 0 Å². The number of pyridine rings is 1. The Labute approximate surface area is 163 Å². The van der Waals surface area contributed by atoms with E-state index in [1.54, 1.807) is 4.52 Å². The summed E-state index contributed by atoms with van der Waals surface area (Å²) in [5.41, 5.74) is 3.55. The van der Waals surface area contributed by atoms with Gasteiger partial charge in [0, 0.05) is 0 Å². The normalized spacial score (nSPS) is 16.2. The fraction of sp³-hybridized carbons (Fsp3) is 0.632. The van der Waals surface area contributed by atoms with Crippen molar-refractivity contribution >= 4 is 24.0 Å². The molecule has 2 heterocycles. The Hall–Kier alpha value is -1.22. The Morgan fingerprint density at radius 1 is 1.22 bits per heavy atom. The zero-order valence-electron chi connectivity index (χ0n) is 17.1. The highest BCUT2D eigenvalue weighted by Crippen LogP contribution is 2.41. The van der Waals surface area contributed by atoms with Crippen molar-refractivity contribution in [3.05, 3.63) is 35.2 Å². The van der Waals surface area contributed by atoms with Crippen molar-refractivity contribution in [3.63, 3.8) is 0 Å². The van der Waals surface area contributed by atoms with Crippen LogP contribution in [0.4, 0.5) is 0 Å². The molecular weight excluding hydrogens is 380 g/mol. The summed E-state index contributed by atoms with van der Waals surface area (Å²) in [4.78, 5) is 0. The molecule has 0 amide bonds. The molecule has 0 N–H and O–H groups in total. The van der Waals surface area contributed by atoms with Gasteiger partial charge in [-0.25, -0.2) is 4.52 Å². The molecule has 0 aromatic carbocycles. The molecule has 0 saturated heterocycles. The molecule has 1 fully saturated rings. The number of fused-ring (bicyclic) bond motifs is 1. The van der Waals surface area contributed by atoms with Crippen LogP contribution in [0.25, 0.3) is 5.52 Å². The summed E-state index contributed by atoms with van der Waals surface area (Å²) >= 11 is 0. The molecule has 150 valence electrons. The molecule has 0 radical (unpaired) electrons. The van der Waals surface area contributed by atoms with Crippen LogP contribution in [0.5, 0.6) is 0 Å². The van der Waals surface area contributed by atoms with Crippen LogP contribution in [-0.4, -0.2) is 33.5 Å². The molecule has 2 aromatic rings. The zero-order chi connectivity index (χ0) is 20.0. The minimum Gasteiger partial charge on any atom is -0.411 e. The van der Waals surface area contributed by atoms with Gasteiger partial charge in [-0.15, -0.1) is 0 Å². The van der Waals surface area contributed by atoms with E-state index >= 15 is 0 Å². The lowest BCUT2D eigenvalue weighted by Gasteiger charge is -2.35. The van der Waals surface area contributed by atoms with Crippen molar-refractivity contribution < 1.29 is 17.0 Å². The average Bonchev–Trinajstić information content (AvgIpc) is 3.31. The first kappa shape index (κ1) is 20.5. The third kappa shape index (κ3) is 4.61. The van der Waals surface area contributed by atoms with Crippen LogP contribution in [0.1, 0.15) is 56.5 Å². The molecule has 6 nitrogen and oxygen atoms in total. The van der Waals surface area contributed by atoms with Crippen LogP contribution >= 0.6 is 0 Å². The molecule has 2 aromatic heterocycles. The van der Waals surface area contributed by atoms with Gasteiger partial charge in [-0.2, -0.15) is 13.5 Å². The van der Waals surface area contributed by atoms with Crippen LogP contribution in [0.3, 0.4) is 0 Å². The Morgan fingerprint density at radius 3 is 2.44 bits per heavy atom. The smallest absolute Gasteiger partial charge is 0.272 e. The van der Waals surface area contributed by atoms with Gasteiger partial charge in [-0.05, 0) is 60.7 Å². The molecule has 0 spiro atoms. The topological polar surface area (TPSA) is 69.9 Å². The van der Waals surface area contributed by atoms with Gasteiger partial charge in [0.2, 0.25) is 0 Å². The maximum atomic E-state index is 12.0. The molecular formula is C19H30N2O4SSi. The maximum absolute atomic E-state index is 12.0. The van der Waals surface area contributed by atoms with E-state index in [-0.39, 0.29) is 10.8 Å². The fourth-order valence-electron chi connectivity index (χ4n) is 2.78. The van der Waals surface area contributed by atoms with E-state index in [1.165, 1.54) is 12.7 Å².